The maximum Gasteiger partial charge on any atom is 0.544 e. The zero-order valence-electron chi connectivity index (χ0n) is 9.00. The number of nitrogens with one attached hydrogen (secondary N) is 1. The summed E-state index contributed by atoms with van der Waals surface area (Å²) in [5.41, 5.74) is -1.04. The molecule has 0 spiro atoms. The quantitative estimate of drug-likeness (QED) is 0.357. The van der Waals surface area contributed by atoms with Gasteiger partial charge in [0.15, 0.2) is 5.82 Å². The van der Waals surface area contributed by atoms with Crippen LogP contribution in [0.15, 0.2) is 17.1 Å². The first-order valence-corrected chi connectivity index (χ1v) is 6.23. The van der Waals surface area contributed by atoms with Crippen LogP contribution >= 0.6 is 7.82 Å². The molecule has 0 saturated heterocycles. The molecule has 0 aromatic carbocycles. The molecule has 0 bridgehead atoms. The normalized spacial score (nSPS) is 13.1. The molecule has 0 saturated carbocycles. The van der Waals surface area contributed by atoms with Gasteiger partial charge in [0.1, 0.15) is 0 Å². The van der Waals surface area contributed by atoms with Crippen molar-refractivity contribution >= 4 is 13.6 Å². The van der Waals surface area contributed by atoms with Gasteiger partial charge >= 0.3 is 13.5 Å². The Hall–Kier alpha value is -1.45. The van der Waals surface area contributed by atoms with Gasteiger partial charge in [-0.2, -0.15) is 4.98 Å². The van der Waals surface area contributed by atoms with Crippen LogP contribution in [0.4, 0.5) is 5.82 Å². The molecular formula is C7H12N3O7P. The molecule has 1 rings (SSSR count). The van der Waals surface area contributed by atoms with E-state index in [-0.39, 0.29) is 17.1 Å². The lowest BCUT2D eigenvalue weighted by Crippen LogP contribution is -2.32. The van der Waals surface area contributed by atoms with E-state index in [0.717, 1.165) is 6.20 Å². The van der Waals surface area contributed by atoms with Crippen molar-refractivity contribution in [2.75, 3.05) is 18.5 Å². The number of aliphatic hydroxyl groups excluding tert-OH is 2. The number of aromatic nitrogens is 2. The Morgan fingerprint density at radius 1 is 1.56 bits per heavy atom. The molecule has 1 aromatic rings. The summed E-state index contributed by atoms with van der Waals surface area (Å²) >= 11 is 0. The van der Waals surface area contributed by atoms with Crippen LogP contribution in [-0.2, 0) is 4.57 Å². The molecular weight excluding hydrogens is 269 g/mol. The molecule has 18 heavy (non-hydrogen) atoms. The summed E-state index contributed by atoms with van der Waals surface area (Å²) in [6.07, 6.45) is -0.00742. The first-order valence-electron chi connectivity index (χ1n) is 4.70. The van der Waals surface area contributed by atoms with Gasteiger partial charge in [-0.05, 0) is 0 Å². The maximum absolute atomic E-state index is 11.3. The lowest BCUT2D eigenvalue weighted by Gasteiger charge is -2.15. The highest BCUT2D eigenvalue weighted by Gasteiger charge is 2.20. The lowest BCUT2D eigenvalue weighted by atomic mass is 10.4. The Bertz CT molecular complexity index is 498. The number of hydrogen-bond acceptors (Lipinski definition) is 7. The van der Waals surface area contributed by atoms with Crippen LogP contribution in [0.5, 0.6) is 0 Å². The van der Waals surface area contributed by atoms with Crippen molar-refractivity contribution in [2.24, 2.45) is 0 Å². The number of hydrogen-bond donors (Lipinski definition) is 5. The van der Waals surface area contributed by atoms with Crippen molar-refractivity contribution < 1.29 is 29.2 Å². The topological polar surface area (TPSA) is 154 Å². The predicted molar refractivity (Wildman–Crippen MR) is 58.7 cm³/mol. The molecule has 0 fully saturated rings. The van der Waals surface area contributed by atoms with Gasteiger partial charge in [0.05, 0.1) is 12.7 Å². The lowest BCUT2D eigenvalue weighted by molar-refractivity contribution is 0.104. The minimum atomic E-state index is -4.92. The van der Waals surface area contributed by atoms with E-state index >= 15 is 0 Å². The Balaban J connectivity index is 2.94. The van der Waals surface area contributed by atoms with Crippen LogP contribution in [0.3, 0.4) is 0 Å². The third kappa shape index (κ3) is 4.43. The smallest absolute Gasteiger partial charge is 0.394 e. The maximum atomic E-state index is 11.3. The standard InChI is InChI=1S/C7H12N3O7P/c11-4-5(12)3-9-6-1-2-8-7(13)10(6)17-18(14,15)16/h1-2,5,9,11-12H,3-4H2,(H2,14,15,16). The summed E-state index contributed by atoms with van der Waals surface area (Å²) in [6, 6.07) is 1.21. The van der Waals surface area contributed by atoms with Crippen molar-refractivity contribution in [3.8, 4) is 0 Å². The molecule has 0 aliphatic rings. The second-order valence-electron chi connectivity index (χ2n) is 3.20. The zero-order chi connectivity index (χ0) is 13.8. The molecule has 1 unspecified atom stereocenters. The van der Waals surface area contributed by atoms with Crippen LogP contribution in [-0.4, -0.2) is 49.0 Å². The Kier molecular flexibility index (Phi) is 4.82. The van der Waals surface area contributed by atoms with E-state index in [9.17, 15) is 9.36 Å². The van der Waals surface area contributed by atoms with Crippen molar-refractivity contribution in [2.45, 2.75) is 6.10 Å². The Morgan fingerprint density at radius 2 is 2.22 bits per heavy atom. The highest BCUT2D eigenvalue weighted by atomic mass is 31.2. The average molecular weight is 281 g/mol. The van der Waals surface area contributed by atoms with Crippen LogP contribution < -0.4 is 15.6 Å². The van der Waals surface area contributed by atoms with Gasteiger partial charge in [-0.15, -0.1) is 4.73 Å². The third-order valence-electron chi connectivity index (χ3n) is 1.73. The van der Waals surface area contributed by atoms with Gasteiger partial charge in [-0.3, -0.25) is 9.79 Å². The first-order chi connectivity index (χ1) is 8.33. The molecule has 10 nitrogen and oxygen atoms in total. The van der Waals surface area contributed by atoms with Crippen LogP contribution in [0, 0.1) is 0 Å². The number of nitrogens with zero attached hydrogens (tertiary/aromatic N) is 2. The fourth-order valence-electron chi connectivity index (χ4n) is 0.998. The van der Waals surface area contributed by atoms with E-state index < -0.39 is 26.2 Å². The molecule has 1 heterocycles. The van der Waals surface area contributed by atoms with E-state index in [4.69, 9.17) is 20.0 Å². The predicted octanol–water partition coefficient (Wildman–Crippen LogP) is -2.47. The van der Waals surface area contributed by atoms with E-state index in [1.807, 2.05) is 0 Å². The van der Waals surface area contributed by atoms with Crippen molar-refractivity contribution in [3.05, 3.63) is 22.7 Å². The largest absolute Gasteiger partial charge is 0.544 e. The van der Waals surface area contributed by atoms with Gasteiger partial charge in [0, 0.05) is 18.8 Å². The number of aliphatic hydroxyl groups is 2. The minimum absolute atomic E-state index is 0.120. The number of anilines is 1. The first kappa shape index (κ1) is 14.6. The Morgan fingerprint density at radius 3 is 2.78 bits per heavy atom. The summed E-state index contributed by atoms with van der Waals surface area (Å²) < 4.78 is 15.1. The molecule has 5 N–H and O–H groups in total. The van der Waals surface area contributed by atoms with Crippen molar-refractivity contribution in [1.29, 1.82) is 0 Å². The minimum Gasteiger partial charge on any atom is -0.394 e. The fraction of sp³-hybridized carbons (Fsp3) is 0.429. The molecule has 11 heteroatoms. The molecule has 0 amide bonds. The third-order valence-corrected chi connectivity index (χ3v) is 2.10. The Labute approximate surface area is 101 Å². The van der Waals surface area contributed by atoms with Crippen LogP contribution in [0.25, 0.3) is 0 Å². The summed E-state index contributed by atoms with van der Waals surface area (Å²) in [7, 11) is -4.92. The number of rotatable bonds is 6. The highest BCUT2D eigenvalue weighted by Crippen LogP contribution is 2.31. The summed E-state index contributed by atoms with van der Waals surface area (Å²) in [5.74, 6) is -0.120. The molecule has 102 valence electrons. The molecule has 0 aliphatic carbocycles. The molecule has 0 aliphatic heterocycles. The van der Waals surface area contributed by atoms with E-state index in [1.54, 1.807) is 0 Å². The monoisotopic (exact) mass is 281 g/mol. The zero-order valence-corrected chi connectivity index (χ0v) is 9.90. The van der Waals surface area contributed by atoms with Crippen molar-refractivity contribution in [1.82, 2.24) is 9.71 Å². The summed E-state index contributed by atoms with van der Waals surface area (Å²) in [5, 5.41) is 20.2. The summed E-state index contributed by atoms with van der Waals surface area (Å²) in [6.45, 7) is -0.661. The highest BCUT2D eigenvalue weighted by molar-refractivity contribution is 7.46. The SMILES string of the molecule is O=c1nccc(NCC(O)CO)n1OP(=O)(O)O. The van der Waals surface area contributed by atoms with Gasteiger partial charge in [-0.1, -0.05) is 0 Å². The van der Waals surface area contributed by atoms with Crippen LogP contribution in [0.1, 0.15) is 0 Å². The van der Waals surface area contributed by atoms with E-state index in [2.05, 4.69) is 14.9 Å². The molecule has 1 aromatic heterocycles. The van der Waals surface area contributed by atoms with E-state index in [0.29, 0.717) is 0 Å². The van der Waals surface area contributed by atoms with Gasteiger partial charge in [-0.25, -0.2) is 9.36 Å². The molecule has 0 radical (unpaired) electrons. The fourth-order valence-corrected chi connectivity index (χ4v) is 1.37. The van der Waals surface area contributed by atoms with Crippen molar-refractivity contribution in [3.63, 3.8) is 0 Å². The van der Waals surface area contributed by atoms with Gasteiger partial charge in [0.25, 0.3) is 0 Å². The van der Waals surface area contributed by atoms with Gasteiger partial charge < -0.3 is 20.2 Å². The second-order valence-corrected chi connectivity index (χ2v) is 4.34. The summed E-state index contributed by atoms with van der Waals surface area (Å²) in [4.78, 5) is 31.8. The van der Waals surface area contributed by atoms with Crippen LogP contribution in [0.2, 0.25) is 0 Å². The number of phosphoric acid groups is 1. The molecule has 1 atom stereocenters. The average Bonchev–Trinajstić information content (AvgIpc) is 2.28. The second kappa shape index (κ2) is 5.94. The van der Waals surface area contributed by atoms with E-state index in [1.165, 1.54) is 6.07 Å². The van der Waals surface area contributed by atoms with Gasteiger partial charge in [0.2, 0.25) is 0 Å².